The number of hydrogen-bond acceptors (Lipinski definition) is 3. The monoisotopic (exact) mass is 277 g/mol. The zero-order valence-electron chi connectivity index (χ0n) is 12.1. The minimum absolute atomic E-state index is 0.670. The van der Waals surface area contributed by atoms with Crippen LogP contribution in [0.2, 0.25) is 0 Å². The Hall–Kier alpha value is -2.34. The van der Waals surface area contributed by atoms with Crippen LogP contribution in [0.15, 0.2) is 36.4 Å². The second-order valence-electron chi connectivity index (χ2n) is 5.47. The summed E-state index contributed by atoms with van der Waals surface area (Å²) in [6.45, 7) is 0.796. The largest absolute Gasteiger partial charge is 0.369 e. The highest BCUT2D eigenvalue weighted by molar-refractivity contribution is 5.54. The van der Waals surface area contributed by atoms with Crippen LogP contribution in [0.25, 0.3) is 0 Å². The fourth-order valence-corrected chi connectivity index (χ4v) is 2.82. The van der Waals surface area contributed by atoms with E-state index in [9.17, 15) is 5.26 Å². The van der Waals surface area contributed by atoms with Gasteiger partial charge in [0.2, 0.25) is 0 Å². The molecule has 0 fully saturated rings. The van der Waals surface area contributed by atoms with Crippen LogP contribution in [0.5, 0.6) is 0 Å². The van der Waals surface area contributed by atoms with E-state index in [2.05, 4.69) is 28.5 Å². The van der Waals surface area contributed by atoms with Crippen molar-refractivity contribution in [2.24, 2.45) is 0 Å². The van der Waals surface area contributed by atoms with Crippen LogP contribution < -0.4 is 5.32 Å². The minimum Gasteiger partial charge on any atom is -0.369 e. The van der Waals surface area contributed by atoms with Gasteiger partial charge >= 0.3 is 0 Å². The summed E-state index contributed by atoms with van der Waals surface area (Å²) >= 11 is 0. The van der Waals surface area contributed by atoms with Gasteiger partial charge < -0.3 is 5.32 Å². The van der Waals surface area contributed by atoms with Gasteiger partial charge in [0.05, 0.1) is 5.56 Å². The third-order valence-electron chi connectivity index (χ3n) is 3.97. The molecule has 3 nitrogen and oxygen atoms in total. The average Bonchev–Trinajstić information content (AvgIpc) is 2.55. The number of aryl methyl sites for hydroxylation is 2. The van der Waals surface area contributed by atoms with Crippen LogP contribution in [-0.2, 0) is 19.3 Å². The Morgan fingerprint density at radius 1 is 1.14 bits per heavy atom. The molecule has 1 aromatic heterocycles. The predicted octanol–water partition coefficient (Wildman–Crippen LogP) is 3.49. The number of nitrogens with one attached hydrogen (secondary N) is 1. The first-order chi connectivity index (χ1) is 10.4. The third kappa shape index (κ3) is 3.22. The molecule has 0 aliphatic heterocycles. The van der Waals surface area contributed by atoms with Gasteiger partial charge in [0.25, 0.3) is 0 Å². The van der Waals surface area contributed by atoms with Crippen molar-refractivity contribution in [3.63, 3.8) is 0 Å². The van der Waals surface area contributed by atoms with E-state index in [0.29, 0.717) is 5.56 Å². The van der Waals surface area contributed by atoms with Crippen molar-refractivity contribution in [2.45, 2.75) is 32.1 Å². The van der Waals surface area contributed by atoms with E-state index in [0.717, 1.165) is 31.6 Å². The Bertz CT molecular complexity index is 656. The van der Waals surface area contributed by atoms with E-state index in [1.807, 2.05) is 24.3 Å². The number of fused-ring (bicyclic) bond motifs is 1. The smallest absolute Gasteiger partial charge is 0.144 e. The molecule has 3 heteroatoms. The molecule has 3 rings (SSSR count). The summed E-state index contributed by atoms with van der Waals surface area (Å²) in [6, 6.07) is 14.6. The molecule has 0 bridgehead atoms. The normalized spacial score (nSPS) is 13.3. The first-order valence-corrected chi connectivity index (χ1v) is 7.57. The van der Waals surface area contributed by atoms with E-state index in [4.69, 9.17) is 0 Å². The summed E-state index contributed by atoms with van der Waals surface area (Å²) in [5, 5.41) is 12.6. The number of anilines is 1. The number of aromatic nitrogens is 1. The topological polar surface area (TPSA) is 48.7 Å². The molecule has 0 amide bonds. The molecule has 106 valence electrons. The second kappa shape index (κ2) is 6.41. The summed E-state index contributed by atoms with van der Waals surface area (Å²) in [5.41, 5.74) is 4.39. The van der Waals surface area contributed by atoms with Crippen LogP contribution in [0, 0.1) is 11.3 Å². The number of nitrogens with zero attached hydrogens (tertiary/aromatic N) is 2. The Morgan fingerprint density at radius 3 is 2.76 bits per heavy atom. The number of benzene rings is 1. The maximum atomic E-state index is 9.31. The first-order valence-electron chi connectivity index (χ1n) is 7.57. The van der Waals surface area contributed by atoms with Gasteiger partial charge in [0.15, 0.2) is 0 Å². The maximum absolute atomic E-state index is 9.31. The molecular formula is C18H19N3. The van der Waals surface area contributed by atoms with Crippen molar-refractivity contribution in [3.05, 3.63) is 58.8 Å². The van der Waals surface area contributed by atoms with Crippen molar-refractivity contribution < 1.29 is 0 Å². The molecule has 1 aliphatic rings. The van der Waals surface area contributed by atoms with Crippen LogP contribution in [0.1, 0.15) is 35.2 Å². The quantitative estimate of drug-likeness (QED) is 0.930. The van der Waals surface area contributed by atoms with E-state index in [1.165, 1.54) is 29.7 Å². The van der Waals surface area contributed by atoms with E-state index in [1.54, 1.807) is 0 Å². The lowest BCUT2D eigenvalue weighted by Gasteiger charge is -2.17. The fraction of sp³-hybridized carbons (Fsp3) is 0.333. The van der Waals surface area contributed by atoms with Crippen molar-refractivity contribution in [3.8, 4) is 6.07 Å². The van der Waals surface area contributed by atoms with Gasteiger partial charge in [0, 0.05) is 12.2 Å². The Labute approximate surface area is 125 Å². The SMILES string of the molecule is N#Cc1cc2c(nc1NCCc1ccccc1)CCCC2. The Kier molecular flexibility index (Phi) is 4.16. The lowest BCUT2D eigenvalue weighted by molar-refractivity contribution is 0.668. The molecule has 0 saturated carbocycles. The zero-order chi connectivity index (χ0) is 14.5. The first kappa shape index (κ1) is 13.6. The van der Waals surface area contributed by atoms with E-state index in [-0.39, 0.29) is 0 Å². The average molecular weight is 277 g/mol. The Morgan fingerprint density at radius 2 is 1.95 bits per heavy atom. The van der Waals surface area contributed by atoms with Crippen LogP contribution >= 0.6 is 0 Å². The molecule has 0 spiro atoms. The van der Waals surface area contributed by atoms with Gasteiger partial charge in [-0.1, -0.05) is 30.3 Å². The van der Waals surface area contributed by atoms with Crippen LogP contribution in [-0.4, -0.2) is 11.5 Å². The van der Waals surface area contributed by atoms with Crippen molar-refractivity contribution in [2.75, 3.05) is 11.9 Å². The molecule has 0 saturated heterocycles. The molecule has 1 aliphatic carbocycles. The number of hydrogen-bond donors (Lipinski definition) is 1. The lowest BCUT2D eigenvalue weighted by Crippen LogP contribution is -2.12. The molecular weight excluding hydrogens is 258 g/mol. The fourth-order valence-electron chi connectivity index (χ4n) is 2.82. The summed E-state index contributed by atoms with van der Waals surface area (Å²) in [6.07, 6.45) is 5.44. The van der Waals surface area contributed by atoms with Crippen molar-refractivity contribution in [1.29, 1.82) is 5.26 Å². The van der Waals surface area contributed by atoms with Gasteiger partial charge in [0.1, 0.15) is 11.9 Å². The standard InChI is InChI=1S/C18H19N3/c19-13-16-12-15-8-4-5-9-17(15)21-18(16)20-11-10-14-6-2-1-3-7-14/h1-3,6-7,12H,4-5,8-11H2,(H,20,21). The van der Waals surface area contributed by atoms with Crippen molar-refractivity contribution in [1.82, 2.24) is 4.98 Å². The molecule has 0 radical (unpaired) electrons. The highest BCUT2D eigenvalue weighted by Gasteiger charge is 2.14. The molecule has 2 aromatic rings. The van der Waals surface area contributed by atoms with Gasteiger partial charge in [-0.25, -0.2) is 4.98 Å². The number of pyridine rings is 1. The van der Waals surface area contributed by atoms with Gasteiger partial charge in [-0.05, 0) is 49.3 Å². The van der Waals surface area contributed by atoms with Crippen LogP contribution in [0.3, 0.4) is 0 Å². The van der Waals surface area contributed by atoms with E-state index < -0.39 is 0 Å². The molecule has 1 N–H and O–H groups in total. The summed E-state index contributed by atoms with van der Waals surface area (Å²) in [7, 11) is 0. The Balaban J connectivity index is 1.71. The summed E-state index contributed by atoms with van der Waals surface area (Å²) in [5.74, 6) is 0.745. The number of nitriles is 1. The molecule has 0 unspecified atom stereocenters. The molecule has 21 heavy (non-hydrogen) atoms. The summed E-state index contributed by atoms with van der Waals surface area (Å²) < 4.78 is 0. The zero-order valence-corrected chi connectivity index (χ0v) is 12.1. The van der Waals surface area contributed by atoms with Crippen LogP contribution in [0.4, 0.5) is 5.82 Å². The minimum atomic E-state index is 0.670. The number of rotatable bonds is 4. The second-order valence-corrected chi connectivity index (χ2v) is 5.47. The maximum Gasteiger partial charge on any atom is 0.144 e. The molecule has 1 aromatic carbocycles. The van der Waals surface area contributed by atoms with Gasteiger partial charge in [-0.2, -0.15) is 5.26 Å². The predicted molar refractivity (Wildman–Crippen MR) is 84.2 cm³/mol. The van der Waals surface area contributed by atoms with Gasteiger partial charge in [-0.3, -0.25) is 0 Å². The highest BCUT2D eigenvalue weighted by atomic mass is 15.0. The van der Waals surface area contributed by atoms with Gasteiger partial charge in [-0.15, -0.1) is 0 Å². The van der Waals surface area contributed by atoms with Crippen molar-refractivity contribution >= 4 is 5.82 Å². The lowest BCUT2D eigenvalue weighted by atomic mass is 9.95. The highest BCUT2D eigenvalue weighted by Crippen LogP contribution is 2.24. The molecule has 0 atom stereocenters. The summed E-state index contributed by atoms with van der Waals surface area (Å²) in [4.78, 5) is 4.68. The third-order valence-corrected chi connectivity index (χ3v) is 3.97. The molecule has 1 heterocycles. The van der Waals surface area contributed by atoms with E-state index >= 15 is 0 Å².